The number of anilines is 5. The number of nitrogens with zero attached hydrogens (tertiary/aromatic N) is 3. The molecule has 0 radical (unpaired) electrons. The lowest BCUT2D eigenvalue weighted by Gasteiger charge is -2.21. The lowest BCUT2D eigenvalue weighted by Crippen LogP contribution is -2.21. The summed E-state index contributed by atoms with van der Waals surface area (Å²) in [6.07, 6.45) is 1.48. The fraction of sp³-hybridized carbons (Fsp3) is 0.200. The summed E-state index contributed by atoms with van der Waals surface area (Å²) in [5.74, 6) is 1.04. The zero-order valence-electron chi connectivity index (χ0n) is 14.9. The molecule has 0 saturated carbocycles. The molecule has 2 aromatic carbocycles. The van der Waals surface area contributed by atoms with Crippen LogP contribution in [0.4, 0.5) is 33.1 Å². The first-order valence-corrected chi connectivity index (χ1v) is 8.64. The SMILES string of the molecule is CCN(CC)c1ccc(Nc2cc(Nc3ccc(F)cc3)ncn2)cc1. The van der Waals surface area contributed by atoms with Gasteiger partial charge in [-0.25, -0.2) is 14.4 Å². The quantitative estimate of drug-likeness (QED) is 0.631. The minimum absolute atomic E-state index is 0.270. The Morgan fingerprint density at radius 1 is 0.808 bits per heavy atom. The Bertz CT molecular complexity index is 830. The van der Waals surface area contributed by atoms with Crippen LogP contribution in [0, 0.1) is 5.82 Å². The summed E-state index contributed by atoms with van der Waals surface area (Å²) in [6.45, 7) is 6.25. The first-order valence-electron chi connectivity index (χ1n) is 8.64. The van der Waals surface area contributed by atoms with Gasteiger partial charge in [-0.1, -0.05) is 0 Å². The van der Waals surface area contributed by atoms with E-state index in [4.69, 9.17) is 0 Å². The van der Waals surface area contributed by atoms with Crippen molar-refractivity contribution in [1.29, 1.82) is 0 Å². The average molecular weight is 351 g/mol. The van der Waals surface area contributed by atoms with Crippen molar-refractivity contribution in [1.82, 2.24) is 9.97 Å². The number of halogens is 1. The number of rotatable bonds is 7. The van der Waals surface area contributed by atoms with Crippen LogP contribution in [0.25, 0.3) is 0 Å². The van der Waals surface area contributed by atoms with E-state index in [9.17, 15) is 4.39 Å². The molecule has 3 aromatic rings. The summed E-state index contributed by atoms with van der Waals surface area (Å²) in [6, 6.07) is 16.2. The van der Waals surface area contributed by atoms with E-state index in [0.717, 1.165) is 24.5 Å². The molecule has 26 heavy (non-hydrogen) atoms. The molecule has 0 unspecified atom stereocenters. The predicted octanol–water partition coefficient (Wildman–Crippen LogP) is 4.95. The van der Waals surface area contributed by atoms with Crippen molar-refractivity contribution in [3.63, 3.8) is 0 Å². The van der Waals surface area contributed by atoms with Crippen molar-refractivity contribution in [2.24, 2.45) is 0 Å². The topological polar surface area (TPSA) is 53.1 Å². The summed E-state index contributed by atoms with van der Waals surface area (Å²) < 4.78 is 13.0. The van der Waals surface area contributed by atoms with Crippen molar-refractivity contribution in [3.05, 3.63) is 66.7 Å². The van der Waals surface area contributed by atoms with Crippen LogP contribution in [-0.4, -0.2) is 23.1 Å². The van der Waals surface area contributed by atoms with Crippen LogP contribution in [0.2, 0.25) is 0 Å². The molecule has 0 saturated heterocycles. The van der Waals surface area contributed by atoms with Gasteiger partial charge >= 0.3 is 0 Å². The van der Waals surface area contributed by atoms with Gasteiger partial charge in [0, 0.05) is 36.2 Å². The van der Waals surface area contributed by atoms with Crippen LogP contribution in [0.3, 0.4) is 0 Å². The highest BCUT2D eigenvalue weighted by molar-refractivity contribution is 5.64. The van der Waals surface area contributed by atoms with Crippen molar-refractivity contribution in [2.75, 3.05) is 28.6 Å². The number of benzene rings is 2. The molecule has 5 nitrogen and oxygen atoms in total. The smallest absolute Gasteiger partial charge is 0.135 e. The standard InChI is InChI=1S/C20H22FN5/c1-3-26(4-2)18-11-9-17(10-12-18)25-20-13-19(22-14-23-20)24-16-7-5-15(21)6-8-16/h5-14H,3-4H2,1-2H3,(H2,22,23,24,25). The summed E-state index contributed by atoms with van der Waals surface area (Å²) in [5.41, 5.74) is 2.91. The van der Waals surface area contributed by atoms with Crippen molar-refractivity contribution >= 4 is 28.7 Å². The van der Waals surface area contributed by atoms with Crippen molar-refractivity contribution < 1.29 is 4.39 Å². The molecule has 0 amide bonds. The lowest BCUT2D eigenvalue weighted by atomic mass is 10.2. The van der Waals surface area contributed by atoms with E-state index in [2.05, 4.69) is 51.5 Å². The predicted molar refractivity (Wildman–Crippen MR) is 105 cm³/mol. The Kier molecular flexibility index (Phi) is 5.63. The van der Waals surface area contributed by atoms with Gasteiger partial charge in [0.1, 0.15) is 23.8 Å². The van der Waals surface area contributed by atoms with Gasteiger partial charge in [-0.2, -0.15) is 0 Å². The molecule has 0 aliphatic rings. The maximum atomic E-state index is 13.0. The maximum absolute atomic E-state index is 13.0. The number of nitrogens with one attached hydrogen (secondary N) is 2. The normalized spacial score (nSPS) is 10.4. The second-order valence-electron chi connectivity index (χ2n) is 5.76. The van der Waals surface area contributed by atoms with E-state index in [0.29, 0.717) is 11.6 Å². The molecule has 0 aliphatic carbocycles. The number of hydrogen-bond donors (Lipinski definition) is 2. The van der Waals surface area contributed by atoms with Crippen molar-refractivity contribution in [3.8, 4) is 0 Å². The van der Waals surface area contributed by atoms with Gasteiger partial charge in [-0.15, -0.1) is 0 Å². The van der Waals surface area contributed by atoms with Crippen LogP contribution >= 0.6 is 0 Å². The molecule has 0 spiro atoms. The highest BCUT2D eigenvalue weighted by Gasteiger charge is 2.04. The zero-order valence-corrected chi connectivity index (χ0v) is 14.9. The van der Waals surface area contributed by atoms with Gasteiger partial charge < -0.3 is 15.5 Å². The maximum Gasteiger partial charge on any atom is 0.135 e. The fourth-order valence-corrected chi connectivity index (χ4v) is 2.67. The number of hydrogen-bond acceptors (Lipinski definition) is 5. The summed E-state index contributed by atoms with van der Waals surface area (Å²) in [5, 5.41) is 6.40. The summed E-state index contributed by atoms with van der Waals surface area (Å²) >= 11 is 0. The summed E-state index contributed by atoms with van der Waals surface area (Å²) in [4.78, 5) is 10.7. The lowest BCUT2D eigenvalue weighted by molar-refractivity contribution is 0.628. The van der Waals surface area contributed by atoms with Crippen LogP contribution in [-0.2, 0) is 0 Å². The van der Waals surface area contributed by atoms with Gasteiger partial charge in [-0.3, -0.25) is 0 Å². The van der Waals surface area contributed by atoms with Crippen LogP contribution in [0.5, 0.6) is 0 Å². The molecule has 1 aromatic heterocycles. The Hall–Kier alpha value is -3.15. The van der Waals surface area contributed by atoms with Gasteiger partial charge in [0.2, 0.25) is 0 Å². The first kappa shape index (κ1) is 17.7. The van der Waals surface area contributed by atoms with Gasteiger partial charge in [0.15, 0.2) is 0 Å². The monoisotopic (exact) mass is 351 g/mol. The fourth-order valence-electron chi connectivity index (χ4n) is 2.67. The Balaban J connectivity index is 1.69. The third-order valence-electron chi connectivity index (χ3n) is 4.05. The van der Waals surface area contributed by atoms with Gasteiger partial charge in [0.05, 0.1) is 0 Å². The van der Waals surface area contributed by atoms with Gasteiger partial charge in [-0.05, 0) is 62.4 Å². The Labute approximate surface area is 152 Å². The molecular formula is C20H22FN5. The summed E-state index contributed by atoms with van der Waals surface area (Å²) in [7, 11) is 0. The molecular weight excluding hydrogens is 329 g/mol. The second-order valence-corrected chi connectivity index (χ2v) is 5.76. The molecule has 0 aliphatic heterocycles. The third-order valence-corrected chi connectivity index (χ3v) is 4.05. The van der Waals surface area contributed by atoms with Crippen LogP contribution in [0.15, 0.2) is 60.9 Å². The highest BCUT2D eigenvalue weighted by Crippen LogP contribution is 2.22. The van der Waals surface area contributed by atoms with E-state index in [1.807, 2.05) is 18.2 Å². The highest BCUT2D eigenvalue weighted by atomic mass is 19.1. The molecule has 2 N–H and O–H groups in total. The Morgan fingerprint density at radius 2 is 1.31 bits per heavy atom. The van der Waals surface area contributed by atoms with E-state index >= 15 is 0 Å². The van der Waals surface area contributed by atoms with Gasteiger partial charge in [0.25, 0.3) is 0 Å². The van der Waals surface area contributed by atoms with E-state index in [1.54, 1.807) is 12.1 Å². The zero-order chi connectivity index (χ0) is 18.4. The van der Waals surface area contributed by atoms with E-state index in [1.165, 1.54) is 24.1 Å². The van der Waals surface area contributed by atoms with E-state index in [-0.39, 0.29) is 5.82 Å². The molecule has 134 valence electrons. The molecule has 0 bridgehead atoms. The average Bonchev–Trinajstić information content (AvgIpc) is 2.66. The van der Waals surface area contributed by atoms with Crippen molar-refractivity contribution in [2.45, 2.75) is 13.8 Å². The molecule has 1 heterocycles. The first-order chi connectivity index (χ1) is 12.7. The Morgan fingerprint density at radius 3 is 1.81 bits per heavy atom. The minimum Gasteiger partial charge on any atom is -0.372 e. The molecule has 3 rings (SSSR count). The van der Waals surface area contributed by atoms with Crippen LogP contribution in [0.1, 0.15) is 13.8 Å². The van der Waals surface area contributed by atoms with Crippen LogP contribution < -0.4 is 15.5 Å². The number of aromatic nitrogens is 2. The largest absolute Gasteiger partial charge is 0.372 e. The third kappa shape index (κ3) is 4.47. The minimum atomic E-state index is -0.270. The molecule has 6 heteroatoms. The second kappa shape index (κ2) is 8.29. The van der Waals surface area contributed by atoms with E-state index < -0.39 is 0 Å². The molecule has 0 fully saturated rings. The molecule has 0 atom stereocenters.